The van der Waals surface area contributed by atoms with Crippen LogP contribution in [0.3, 0.4) is 0 Å². The first-order valence-electron chi connectivity index (χ1n) is 6.62. The lowest BCUT2D eigenvalue weighted by molar-refractivity contribution is -0.167. The second kappa shape index (κ2) is 7.07. The van der Waals surface area contributed by atoms with Crippen LogP contribution in [0.2, 0.25) is 0 Å². The number of carbonyl (C=O) groups excluding carboxylic acids is 1. The topological polar surface area (TPSA) is 59.0 Å². The van der Waals surface area contributed by atoms with E-state index in [1.54, 1.807) is 4.90 Å². The second-order valence-electron chi connectivity index (χ2n) is 5.32. The van der Waals surface area contributed by atoms with E-state index in [2.05, 4.69) is 0 Å². The molecule has 0 saturated carbocycles. The van der Waals surface area contributed by atoms with Crippen molar-refractivity contribution in [2.75, 3.05) is 32.9 Å². The van der Waals surface area contributed by atoms with Gasteiger partial charge in [-0.25, -0.2) is 0 Å². The Bertz CT molecular complexity index is 268. The summed E-state index contributed by atoms with van der Waals surface area (Å²) in [4.78, 5) is 13.8. The number of ether oxygens (including phenoxy) is 2. The highest BCUT2D eigenvalue weighted by Crippen LogP contribution is 2.21. The number of aliphatic hydroxyl groups is 1. The van der Waals surface area contributed by atoms with Gasteiger partial charge in [-0.2, -0.15) is 0 Å². The van der Waals surface area contributed by atoms with E-state index in [1.165, 1.54) is 0 Å². The van der Waals surface area contributed by atoms with Gasteiger partial charge in [-0.1, -0.05) is 6.92 Å². The fourth-order valence-corrected chi connectivity index (χ4v) is 2.14. The first-order chi connectivity index (χ1) is 8.48. The monoisotopic (exact) mass is 259 g/mol. The smallest absolute Gasteiger partial charge is 0.225 e. The highest BCUT2D eigenvalue weighted by atomic mass is 16.5. The molecule has 106 valence electrons. The van der Waals surface area contributed by atoms with Gasteiger partial charge in [0.1, 0.15) is 0 Å². The maximum absolute atomic E-state index is 12.0. The van der Waals surface area contributed by atoms with Crippen molar-refractivity contribution in [2.24, 2.45) is 0 Å². The molecule has 5 heteroatoms. The minimum Gasteiger partial charge on any atom is -0.394 e. The van der Waals surface area contributed by atoms with Crippen molar-refractivity contribution in [3.63, 3.8) is 0 Å². The lowest BCUT2D eigenvalue weighted by Gasteiger charge is -2.42. The molecule has 5 nitrogen and oxygen atoms in total. The summed E-state index contributed by atoms with van der Waals surface area (Å²) in [7, 11) is 0. The number of amides is 1. The molecule has 1 heterocycles. The van der Waals surface area contributed by atoms with Crippen molar-refractivity contribution in [3.05, 3.63) is 0 Å². The van der Waals surface area contributed by atoms with E-state index in [4.69, 9.17) is 9.47 Å². The van der Waals surface area contributed by atoms with Crippen LogP contribution >= 0.6 is 0 Å². The third-order valence-electron chi connectivity index (χ3n) is 2.85. The molecule has 0 bridgehead atoms. The number of hydrogen-bond donors (Lipinski definition) is 1. The Morgan fingerprint density at radius 2 is 2.22 bits per heavy atom. The van der Waals surface area contributed by atoms with Crippen LogP contribution in [0.1, 0.15) is 33.6 Å². The summed E-state index contributed by atoms with van der Waals surface area (Å²) in [5, 5.41) is 9.18. The SMILES string of the molecule is CCCOCCC(=O)N1CC(CO)OC(C)(C)C1. The first-order valence-corrected chi connectivity index (χ1v) is 6.62. The lowest BCUT2D eigenvalue weighted by atomic mass is 10.0. The van der Waals surface area contributed by atoms with Crippen LogP contribution < -0.4 is 0 Å². The van der Waals surface area contributed by atoms with E-state index in [0.717, 1.165) is 6.42 Å². The second-order valence-corrected chi connectivity index (χ2v) is 5.32. The zero-order valence-electron chi connectivity index (χ0n) is 11.6. The first kappa shape index (κ1) is 15.4. The van der Waals surface area contributed by atoms with Crippen molar-refractivity contribution in [2.45, 2.75) is 45.3 Å². The van der Waals surface area contributed by atoms with Gasteiger partial charge in [0.25, 0.3) is 0 Å². The molecule has 1 unspecified atom stereocenters. The Hall–Kier alpha value is -0.650. The highest BCUT2D eigenvalue weighted by molar-refractivity contribution is 5.76. The molecule has 18 heavy (non-hydrogen) atoms. The number of hydrogen-bond acceptors (Lipinski definition) is 4. The molecular weight excluding hydrogens is 234 g/mol. The Kier molecular flexibility index (Phi) is 6.05. The molecule has 1 aliphatic heterocycles. The highest BCUT2D eigenvalue weighted by Gasteiger charge is 2.34. The van der Waals surface area contributed by atoms with E-state index in [9.17, 15) is 9.90 Å². The molecule has 0 spiro atoms. The van der Waals surface area contributed by atoms with E-state index in [0.29, 0.717) is 32.7 Å². The predicted octanol–water partition coefficient (Wildman–Crippen LogP) is 0.801. The van der Waals surface area contributed by atoms with Gasteiger partial charge in [0.15, 0.2) is 0 Å². The van der Waals surface area contributed by atoms with E-state index in [-0.39, 0.29) is 18.6 Å². The van der Waals surface area contributed by atoms with Gasteiger partial charge in [0.2, 0.25) is 5.91 Å². The number of aliphatic hydroxyl groups excluding tert-OH is 1. The third-order valence-corrected chi connectivity index (χ3v) is 2.85. The van der Waals surface area contributed by atoms with Crippen molar-refractivity contribution in [3.8, 4) is 0 Å². The predicted molar refractivity (Wildman–Crippen MR) is 68.3 cm³/mol. The number of morpholine rings is 1. The molecular formula is C13H25NO4. The van der Waals surface area contributed by atoms with Gasteiger partial charge in [-0.15, -0.1) is 0 Å². The summed E-state index contributed by atoms with van der Waals surface area (Å²) in [5.41, 5.74) is -0.397. The molecule has 0 aromatic heterocycles. The largest absolute Gasteiger partial charge is 0.394 e. The number of nitrogens with zero attached hydrogens (tertiary/aromatic N) is 1. The molecule has 1 atom stereocenters. The molecule has 1 saturated heterocycles. The Morgan fingerprint density at radius 3 is 2.83 bits per heavy atom. The van der Waals surface area contributed by atoms with Gasteiger partial charge < -0.3 is 19.5 Å². The van der Waals surface area contributed by atoms with Crippen molar-refractivity contribution in [1.29, 1.82) is 0 Å². The van der Waals surface area contributed by atoms with Crippen LogP contribution in [0.4, 0.5) is 0 Å². The van der Waals surface area contributed by atoms with Crippen LogP contribution in [0, 0.1) is 0 Å². The summed E-state index contributed by atoms with van der Waals surface area (Å²) >= 11 is 0. The maximum atomic E-state index is 12.0. The van der Waals surface area contributed by atoms with E-state index >= 15 is 0 Å². The fourth-order valence-electron chi connectivity index (χ4n) is 2.14. The van der Waals surface area contributed by atoms with Crippen LogP contribution in [0.15, 0.2) is 0 Å². The Labute approximate surface area is 109 Å². The molecule has 1 rings (SSSR count). The van der Waals surface area contributed by atoms with Gasteiger partial charge in [0.05, 0.1) is 31.3 Å². The van der Waals surface area contributed by atoms with Crippen LogP contribution in [0.25, 0.3) is 0 Å². The minimum atomic E-state index is -0.397. The van der Waals surface area contributed by atoms with Crippen LogP contribution in [-0.2, 0) is 14.3 Å². The summed E-state index contributed by atoms with van der Waals surface area (Å²) in [6, 6.07) is 0. The maximum Gasteiger partial charge on any atom is 0.225 e. The zero-order chi connectivity index (χ0) is 13.6. The molecule has 0 aliphatic carbocycles. The quantitative estimate of drug-likeness (QED) is 0.717. The van der Waals surface area contributed by atoms with E-state index < -0.39 is 5.60 Å². The normalized spacial score (nSPS) is 23.1. The summed E-state index contributed by atoms with van der Waals surface area (Å²) in [5.74, 6) is 0.0703. The third kappa shape index (κ3) is 4.92. The summed E-state index contributed by atoms with van der Waals surface area (Å²) < 4.78 is 11.0. The standard InChI is InChI=1S/C13H25NO4/c1-4-6-17-7-5-12(16)14-8-11(9-15)18-13(2,3)10-14/h11,15H,4-10H2,1-3H3. The molecule has 0 radical (unpaired) electrons. The van der Waals surface area contributed by atoms with Crippen LogP contribution in [0.5, 0.6) is 0 Å². The van der Waals surface area contributed by atoms with Crippen LogP contribution in [-0.4, -0.2) is 60.5 Å². The van der Waals surface area contributed by atoms with E-state index in [1.807, 2.05) is 20.8 Å². The number of rotatable bonds is 6. The zero-order valence-corrected chi connectivity index (χ0v) is 11.6. The lowest BCUT2D eigenvalue weighted by Crippen LogP contribution is -2.55. The van der Waals surface area contributed by atoms with Crippen molar-refractivity contribution in [1.82, 2.24) is 4.90 Å². The summed E-state index contributed by atoms with van der Waals surface area (Å²) in [6.07, 6.45) is 1.08. The average Bonchev–Trinajstić information content (AvgIpc) is 2.32. The molecule has 1 aliphatic rings. The Balaban J connectivity index is 2.41. The fraction of sp³-hybridized carbons (Fsp3) is 0.923. The molecule has 0 aromatic carbocycles. The minimum absolute atomic E-state index is 0.0560. The van der Waals surface area contributed by atoms with Gasteiger partial charge in [-0.05, 0) is 20.3 Å². The molecule has 1 fully saturated rings. The summed E-state index contributed by atoms with van der Waals surface area (Å²) in [6.45, 7) is 8.04. The Morgan fingerprint density at radius 1 is 1.50 bits per heavy atom. The van der Waals surface area contributed by atoms with Gasteiger partial charge in [0, 0.05) is 19.7 Å². The number of carbonyl (C=O) groups is 1. The van der Waals surface area contributed by atoms with Crippen molar-refractivity contribution < 1.29 is 19.4 Å². The van der Waals surface area contributed by atoms with Crippen molar-refractivity contribution >= 4 is 5.91 Å². The molecule has 0 aromatic rings. The van der Waals surface area contributed by atoms with Gasteiger partial charge >= 0.3 is 0 Å². The molecule has 1 amide bonds. The van der Waals surface area contributed by atoms with Gasteiger partial charge in [-0.3, -0.25) is 4.79 Å². The average molecular weight is 259 g/mol. The molecule has 1 N–H and O–H groups in total.